The number of benzene rings is 2. The Morgan fingerprint density at radius 1 is 1.19 bits per heavy atom. The molecule has 1 unspecified atom stereocenters. The Balaban J connectivity index is 1.92. The molecule has 1 aromatic heterocycles. The first kappa shape index (κ1) is 18.1. The first-order valence-corrected chi connectivity index (χ1v) is 7.82. The minimum absolute atomic E-state index is 0.226. The van der Waals surface area contributed by atoms with Gasteiger partial charge in [0, 0.05) is 11.6 Å². The Hall–Kier alpha value is -3.66. The molecule has 3 aromatic rings. The van der Waals surface area contributed by atoms with E-state index in [1.165, 1.54) is 32.4 Å². The summed E-state index contributed by atoms with van der Waals surface area (Å²) in [6.45, 7) is 0. The average Bonchev–Trinajstić information content (AvgIpc) is 3.17. The molecule has 0 fully saturated rings. The van der Waals surface area contributed by atoms with Crippen LogP contribution in [0, 0.1) is 10.1 Å². The molecule has 0 bridgehead atoms. The summed E-state index contributed by atoms with van der Waals surface area (Å²) in [6.07, 6.45) is 0. The molecule has 2 aromatic carbocycles. The van der Waals surface area contributed by atoms with Crippen LogP contribution in [0.25, 0.3) is 11.4 Å². The monoisotopic (exact) mass is 371 g/mol. The maximum Gasteiger partial charge on any atom is 0.311 e. The van der Waals surface area contributed by atoms with Gasteiger partial charge in [0.1, 0.15) is 5.82 Å². The number of ether oxygens (including phenoxy) is 2. The smallest absolute Gasteiger partial charge is 0.311 e. The molecule has 10 nitrogen and oxygen atoms in total. The lowest BCUT2D eigenvalue weighted by molar-refractivity contribution is -0.385. The van der Waals surface area contributed by atoms with E-state index in [1.54, 1.807) is 18.2 Å². The third kappa shape index (κ3) is 3.51. The molecule has 0 saturated carbocycles. The van der Waals surface area contributed by atoms with E-state index in [0.717, 1.165) is 0 Å². The van der Waals surface area contributed by atoms with Crippen LogP contribution in [0.5, 0.6) is 17.2 Å². The summed E-state index contributed by atoms with van der Waals surface area (Å²) in [6, 6.07) is 8.52. The predicted octanol–water partition coefficient (Wildman–Crippen LogP) is 2.15. The number of phenolic OH excluding ortho intramolecular Hbond substituents is 1. The van der Waals surface area contributed by atoms with Gasteiger partial charge in [0.15, 0.2) is 23.1 Å². The highest BCUT2D eigenvalue weighted by molar-refractivity contribution is 5.63. The fraction of sp³-hybridized carbons (Fsp3) is 0.176. The number of rotatable bonds is 6. The van der Waals surface area contributed by atoms with Gasteiger partial charge in [-0.25, -0.2) is 4.98 Å². The fourth-order valence-corrected chi connectivity index (χ4v) is 2.56. The molecule has 0 spiro atoms. The van der Waals surface area contributed by atoms with E-state index in [-0.39, 0.29) is 5.82 Å². The number of hydrogen-bond donors (Lipinski definition) is 3. The minimum atomic E-state index is -0.679. The van der Waals surface area contributed by atoms with Crippen molar-refractivity contribution in [3.8, 4) is 28.6 Å². The van der Waals surface area contributed by atoms with Crippen LogP contribution in [-0.4, -0.2) is 39.4 Å². The molecule has 140 valence electrons. The second kappa shape index (κ2) is 7.30. The van der Waals surface area contributed by atoms with Gasteiger partial charge in [-0.2, -0.15) is 5.10 Å². The zero-order valence-electron chi connectivity index (χ0n) is 14.5. The summed E-state index contributed by atoms with van der Waals surface area (Å²) in [7, 11) is 3.06. The highest BCUT2D eigenvalue weighted by atomic mass is 16.6. The summed E-state index contributed by atoms with van der Waals surface area (Å²) >= 11 is 0. The normalized spacial score (nSPS) is 11.8. The Morgan fingerprint density at radius 3 is 2.59 bits per heavy atom. The van der Waals surface area contributed by atoms with Crippen molar-refractivity contribution in [3.05, 3.63) is 57.9 Å². The van der Waals surface area contributed by atoms with Crippen LogP contribution in [0.4, 0.5) is 5.69 Å². The lowest BCUT2D eigenvalue weighted by Gasteiger charge is -2.13. The number of phenols is 1. The third-order valence-electron chi connectivity index (χ3n) is 3.99. The lowest BCUT2D eigenvalue weighted by Crippen LogP contribution is -2.14. The number of hydrogen-bond acceptors (Lipinski definition) is 8. The van der Waals surface area contributed by atoms with Crippen molar-refractivity contribution in [1.29, 1.82) is 0 Å². The van der Waals surface area contributed by atoms with Gasteiger partial charge >= 0.3 is 5.69 Å². The summed E-state index contributed by atoms with van der Waals surface area (Å²) < 4.78 is 10.5. The van der Waals surface area contributed by atoms with Crippen molar-refractivity contribution in [2.75, 3.05) is 14.2 Å². The molecule has 0 amide bonds. The molecule has 1 heterocycles. The van der Waals surface area contributed by atoms with E-state index in [1.807, 2.05) is 0 Å². The van der Waals surface area contributed by atoms with Gasteiger partial charge in [-0.15, -0.1) is 0 Å². The van der Waals surface area contributed by atoms with Gasteiger partial charge in [0.05, 0.1) is 25.2 Å². The predicted molar refractivity (Wildman–Crippen MR) is 95.7 cm³/mol. The first-order chi connectivity index (χ1) is 12.9. The molecule has 27 heavy (non-hydrogen) atoms. The number of nitrogens with one attached hydrogen (secondary N) is 1. The summed E-state index contributed by atoms with van der Waals surface area (Å²) in [5.41, 5.74) is 6.91. The number of nitrogens with two attached hydrogens (primary N) is 1. The minimum Gasteiger partial charge on any atom is -0.502 e. The quantitative estimate of drug-likeness (QED) is 0.441. The lowest BCUT2D eigenvalue weighted by atomic mass is 10.1. The van der Waals surface area contributed by atoms with Crippen molar-refractivity contribution in [3.63, 3.8) is 0 Å². The SMILES string of the molecule is COc1ccc(C(N)c2nc(-c3ccc(O)c([N+](=O)[O-])c3)n[nH]2)cc1OC. The van der Waals surface area contributed by atoms with E-state index in [9.17, 15) is 15.2 Å². The highest BCUT2D eigenvalue weighted by Gasteiger charge is 2.19. The molecule has 3 rings (SSSR count). The molecule has 1 atom stereocenters. The van der Waals surface area contributed by atoms with Crippen molar-refractivity contribution in [2.45, 2.75) is 6.04 Å². The van der Waals surface area contributed by atoms with Crippen molar-refractivity contribution < 1.29 is 19.5 Å². The molecular formula is C17H17N5O5. The Labute approximate surface area is 153 Å². The zero-order valence-corrected chi connectivity index (χ0v) is 14.5. The van der Waals surface area contributed by atoms with Crippen molar-refractivity contribution in [2.24, 2.45) is 5.73 Å². The second-order valence-electron chi connectivity index (χ2n) is 5.60. The summed E-state index contributed by atoms with van der Waals surface area (Å²) in [5.74, 6) is 1.26. The molecule has 10 heteroatoms. The fourth-order valence-electron chi connectivity index (χ4n) is 2.56. The second-order valence-corrected chi connectivity index (χ2v) is 5.60. The Kier molecular flexibility index (Phi) is 4.90. The number of aromatic amines is 1. The van der Waals surface area contributed by atoms with E-state index >= 15 is 0 Å². The highest BCUT2D eigenvalue weighted by Crippen LogP contribution is 2.32. The van der Waals surface area contributed by atoms with Crippen LogP contribution in [-0.2, 0) is 0 Å². The van der Waals surface area contributed by atoms with Gasteiger partial charge in [-0.3, -0.25) is 15.2 Å². The standard InChI is InChI=1S/C17H17N5O5/c1-26-13-6-4-9(8-14(13)27-2)15(18)17-19-16(20-21-17)10-3-5-12(23)11(7-10)22(24)25/h3-8,15,23H,18H2,1-2H3,(H,19,20,21). The average molecular weight is 371 g/mol. The van der Waals surface area contributed by atoms with Crippen molar-refractivity contribution >= 4 is 5.69 Å². The number of methoxy groups -OCH3 is 2. The van der Waals surface area contributed by atoms with Crippen LogP contribution in [0.3, 0.4) is 0 Å². The molecule has 4 N–H and O–H groups in total. The van der Waals surface area contributed by atoms with Crippen LogP contribution in [0.1, 0.15) is 17.4 Å². The van der Waals surface area contributed by atoms with Gasteiger partial charge in [0.2, 0.25) is 0 Å². The first-order valence-electron chi connectivity index (χ1n) is 7.82. The van der Waals surface area contributed by atoms with Gasteiger partial charge < -0.3 is 20.3 Å². The van der Waals surface area contributed by atoms with E-state index in [0.29, 0.717) is 28.5 Å². The summed E-state index contributed by atoms with van der Waals surface area (Å²) in [4.78, 5) is 14.6. The van der Waals surface area contributed by atoms with Gasteiger partial charge in [-0.05, 0) is 29.8 Å². The summed E-state index contributed by atoms with van der Waals surface area (Å²) in [5, 5.41) is 27.3. The maximum atomic E-state index is 11.0. The van der Waals surface area contributed by atoms with E-state index in [2.05, 4.69) is 15.2 Å². The van der Waals surface area contributed by atoms with Crippen LogP contribution in [0.15, 0.2) is 36.4 Å². The number of H-pyrrole nitrogens is 1. The van der Waals surface area contributed by atoms with Crippen LogP contribution >= 0.6 is 0 Å². The Morgan fingerprint density at radius 2 is 1.93 bits per heavy atom. The van der Waals surface area contributed by atoms with Gasteiger partial charge in [-0.1, -0.05) is 6.07 Å². The molecular weight excluding hydrogens is 354 g/mol. The number of aromatic hydroxyl groups is 1. The molecule has 0 saturated heterocycles. The van der Waals surface area contributed by atoms with Crippen LogP contribution in [0.2, 0.25) is 0 Å². The van der Waals surface area contributed by atoms with E-state index in [4.69, 9.17) is 15.2 Å². The van der Waals surface area contributed by atoms with Crippen LogP contribution < -0.4 is 15.2 Å². The third-order valence-corrected chi connectivity index (χ3v) is 3.99. The Bertz CT molecular complexity index is 988. The molecule has 0 aliphatic carbocycles. The number of nitro benzene ring substituents is 1. The number of aromatic nitrogens is 3. The zero-order chi connectivity index (χ0) is 19.6. The molecule has 0 aliphatic rings. The van der Waals surface area contributed by atoms with Gasteiger partial charge in [0.25, 0.3) is 0 Å². The largest absolute Gasteiger partial charge is 0.502 e. The molecule has 0 radical (unpaired) electrons. The van der Waals surface area contributed by atoms with E-state index < -0.39 is 22.4 Å². The maximum absolute atomic E-state index is 11.0. The van der Waals surface area contributed by atoms with Crippen molar-refractivity contribution in [1.82, 2.24) is 15.2 Å². The number of nitro groups is 1. The number of nitrogens with zero attached hydrogens (tertiary/aromatic N) is 3. The molecule has 0 aliphatic heterocycles. The topological polar surface area (TPSA) is 149 Å².